The van der Waals surface area contributed by atoms with Crippen LogP contribution in [0.1, 0.15) is 50.5 Å². The third kappa shape index (κ3) is 2.73. The van der Waals surface area contributed by atoms with Crippen LogP contribution in [-0.2, 0) is 20.5 Å². The predicted octanol–water partition coefficient (Wildman–Crippen LogP) is 1.92. The largest absolute Gasteiger partial charge is 0.496 e. The van der Waals surface area contributed by atoms with Crippen LogP contribution in [0.5, 0.6) is 0 Å². The van der Waals surface area contributed by atoms with Crippen molar-refractivity contribution in [3.8, 4) is 0 Å². The van der Waals surface area contributed by atoms with Gasteiger partial charge in [0.2, 0.25) is 0 Å². The van der Waals surface area contributed by atoms with Gasteiger partial charge in [-0.05, 0) is 51.8 Å². The Bertz CT molecular complexity index is 582. The monoisotopic (exact) mass is 305 g/mol. The van der Waals surface area contributed by atoms with Crippen LogP contribution in [0.25, 0.3) is 0 Å². The van der Waals surface area contributed by atoms with E-state index < -0.39 is 18.3 Å². The Balaban J connectivity index is 2.47. The van der Waals surface area contributed by atoms with Gasteiger partial charge in [0.1, 0.15) is 0 Å². The van der Waals surface area contributed by atoms with Crippen LogP contribution in [0.3, 0.4) is 0 Å². The minimum atomic E-state index is -0.598. The number of esters is 1. The van der Waals surface area contributed by atoms with Gasteiger partial charge in [-0.1, -0.05) is 6.92 Å². The molecule has 6 heteroatoms. The SMILES string of the molecule is CCc1cc(N)c(B2OC(C)(C)C(C)(C)O2)cc1C(=O)OC. The van der Waals surface area contributed by atoms with Crippen molar-refractivity contribution in [1.29, 1.82) is 0 Å². The summed E-state index contributed by atoms with van der Waals surface area (Å²) in [5.74, 6) is -0.380. The molecule has 1 fully saturated rings. The number of carbonyl (C=O) groups is 1. The van der Waals surface area contributed by atoms with E-state index in [1.54, 1.807) is 12.1 Å². The van der Waals surface area contributed by atoms with E-state index in [1.165, 1.54) is 7.11 Å². The van der Waals surface area contributed by atoms with E-state index in [9.17, 15) is 4.79 Å². The lowest BCUT2D eigenvalue weighted by atomic mass is 9.76. The van der Waals surface area contributed by atoms with Crippen molar-refractivity contribution in [1.82, 2.24) is 0 Å². The highest BCUT2D eigenvalue weighted by atomic mass is 16.7. The summed E-state index contributed by atoms with van der Waals surface area (Å²) >= 11 is 0. The van der Waals surface area contributed by atoms with Crippen LogP contribution in [0.15, 0.2) is 12.1 Å². The summed E-state index contributed by atoms with van der Waals surface area (Å²) in [5, 5.41) is 0. The van der Waals surface area contributed by atoms with Crippen molar-refractivity contribution in [3.05, 3.63) is 23.3 Å². The molecule has 0 unspecified atom stereocenters. The molecule has 22 heavy (non-hydrogen) atoms. The average Bonchev–Trinajstić information content (AvgIpc) is 2.65. The van der Waals surface area contributed by atoms with E-state index in [0.29, 0.717) is 23.1 Å². The highest BCUT2D eigenvalue weighted by Crippen LogP contribution is 2.37. The van der Waals surface area contributed by atoms with Gasteiger partial charge in [0.15, 0.2) is 0 Å². The normalized spacial score (nSPS) is 19.3. The van der Waals surface area contributed by atoms with Crippen molar-refractivity contribution >= 4 is 24.2 Å². The lowest BCUT2D eigenvalue weighted by molar-refractivity contribution is 0.00578. The van der Waals surface area contributed by atoms with Gasteiger partial charge in [0.25, 0.3) is 0 Å². The first-order valence-electron chi connectivity index (χ1n) is 7.49. The number of methoxy groups -OCH3 is 1. The molecule has 1 aromatic carbocycles. The molecule has 0 atom stereocenters. The first-order valence-corrected chi connectivity index (χ1v) is 7.49. The number of carbonyl (C=O) groups excluding carboxylic acids is 1. The molecule has 0 bridgehead atoms. The number of nitrogen functional groups attached to an aromatic ring is 1. The molecular weight excluding hydrogens is 281 g/mol. The van der Waals surface area contributed by atoms with E-state index in [0.717, 1.165) is 5.56 Å². The lowest BCUT2D eigenvalue weighted by Crippen LogP contribution is -2.41. The van der Waals surface area contributed by atoms with Crippen molar-refractivity contribution in [2.45, 2.75) is 52.2 Å². The van der Waals surface area contributed by atoms with Gasteiger partial charge in [-0.3, -0.25) is 0 Å². The fourth-order valence-electron chi connectivity index (χ4n) is 2.45. The van der Waals surface area contributed by atoms with Crippen molar-refractivity contribution in [2.24, 2.45) is 0 Å². The van der Waals surface area contributed by atoms with Gasteiger partial charge in [-0.2, -0.15) is 0 Å². The maximum atomic E-state index is 12.0. The number of nitrogens with two attached hydrogens (primary N) is 1. The molecule has 1 heterocycles. The molecule has 1 saturated heterocycles. The number of anilines is 1. The molecule has 2 N–H and O–H groups in total. The number of hydrogen-bond donors (Lipinski definition) is 1. The Kier molecular flexibility index (Phi) is 4.28. The van der Waals surface area contributed by atoms with Crippen LogP contribution >= 0.6 is 0 Å². The second-order valence-electron chi connectivity index (χ2n) is 6.57. The Morgan fingerprint density at radius 3 is 2.23 bits per heavy atom. The van der Waals surface area contributed by atoms with Crippen LogP contribution < -0.4 is 11.2 Å². The Labute approximate surface area is 132 Å². The molecule has 0 spiro atoms. The Hall–Kier alpha value is -1.53. The van der Waals surface area contributed by atoms with Crippen LogP contribution in [-0.4, -0.2) is 31.4 Å². The number of ether oxygens (including phenoxy) is 1. The number of hydrogen-bond acceptors (Lipinski definition) is 5. The summed E-state index contributed by atoms with van der Waals surface area (Å²) in [4.78, 5) is 12.0. The van der Waals surface area contributed by atoms with E-state index in [4.69, 9.17) is 19.8 Å². The molecule has 1 aliphatic rings. The first-order chi connectivity index (χ1) is 10.1. The molecule has 0 radical (unpaired) electrons. The third-order valence-corrected chi connectivity index (χ3v) is 4.60. The highest BCUT2D eigenvalue weighted by molar-refractivity contribution is 6.64. The quantitative estimate of drug-likeness (QED) is 0.525. The van der Waals surface area contributed by atoms with E-state index >= 15 is 0 Å². The third-order valence-electron chi connectivity index (χ3n) is 4.60. The Morgan fingerprint density at radius 1 is 1.23 bits per heavy atom. The van der Waals surface area contributed by atoms with Crippen molar-refractivity contribution in [2.75, 3.05) is 12.8 Å². The second kappa shape index (κ2) is 5.59. The van der Waals surface area contributed by atoms with Crippen molar-refractivity contribution < 1.29 is 18.8 Å². The van der Waals surface area contributed by atoms with Crippen LogP contribution in [0.2, 0.25) is 0 Å². The zero-order valence-electron chi connectivity index (χ0n) is 14.1. The van der Waals surface area contributed by atoms with Crippen LogP contribution in [0, 0.1) is 0 Å². The van der Waals surface area contributed by atoms with Gasteiger partial charge >= 0.3 is 13.1 Å². The average molecular weight is 305 g/mol. The summed E-state index contributed by atoms with van der Waals surface area (Å²) in [6.45, 7) is 9.88. The molecule has 0 aliphatic carbocycles. The predicted molar refractivity (Wildman–Crippen MR) is 87.3 cm³/mol. The minimum Gasteiger partial charge on any atom is -0.465 e. The molecule has 0 amide bonds. The maximum Gasteiger partial charge on any atom is 0.496 e. The minimum absolute atomic E-state index is 0.380. The van der Waals surface area contributed by atoms with Crippen LogP contribution in [0.4, 0.5) is 5.69 Å². The van der Waals surface area contributed by atoms with Gasteiger partial charge < -0.3 is 19.8 Å². The fraction of sp³-hybridized carbons (Fsp3) is 0.562. The summed E-state index contributed by atoms with van der Waals surface area (Å²) in [5.41, 5.74) is 7.81. The topological polar surface area (TPSA) is 70.8 Å². The molecule has 1 aromatic rings. The lowest BCUT2D eigenvalue weighted by Gasteiger charge is -2.32. The van der Waals surface area contributed by atoms with E-state index in [1.807, 2.05) is 34.6 Å². The van der Waals surface area contributed by atoms with Gasteiger partial charge in [0, 0.05) is 11.2 Å². The van der Waals surface area contributed by atoms with E-state index in [2.05, 4.69) is 0 Å². The smallest absolute Gasteiger partial charge is 0.465 e. The Morgan fingerprint density at radius 2 is 1.77 bits per heavy atom. The fourth-order valence-corrected chi connectivity index (χ4v) is 2.45. The van der Waals surface area contributed by atoms with Gasteiger partial charge in [-0.25, -0.2) is 4.79 Å². The zero-order chi connectivity index (χ0) is 16.7. The number of rotatable bonds is 3. The van der Waals surface area contributed by atoms with Gasteiger partial charge in [-0.15, -0.1) is 0 Å². The molecule has 5 nitrogen and oxygen atoms in total. The summed E-state index contributed by atoms with van der Waals surface area (Å²) < 4.78 is 16.9. The summed E-state index contributed by atoms with van der Waals surface area (Å²) in [6.07, 6.45) is 0.693. The zero-order valence-corrected chi connectivity index (χ0v) is 14.1. The first kappa shape index (κ1) is 16.8. The standard InChI is InChI=1S/C16H24BNO4/c1-7-10-8-13(18)12(9-11(10)14(19)20-6)17-21-15(2,3)16(4,5)22-17/h8-9H,7,18H2,1-6H3. The van der Waals surface area contributed by atoms with Gasteiger partial charge in [0.05, 0.1) is 23.9 Å². The summed E-state index contributed by atoms with van der Waals surface area (Å²) in [6, 6.07) is 3.52. The molecular formula is C16H24BNO4. The number of benzene rings is 1. The molecule has 120 valence electrons. The van der Waals surface area contributed by atoms with Crippen molar-refractivity contribution in [3.63, 3.8) is 0 Å². The molecule has 2 rings (SSSR count). The second-order valence-corrected chi connectivity index (χ2v) is 6.57. The van der Waals surface area contributed by atoms with E-state index in [-0.39, 0.29) is 5.97 Å². The maximum absolute atomic E-state index is 12.0. The summed E-state index contributed by atoms with van der Waals surface area (Å²) in [7, 11) is 0.770. The molecule has 0 saturated carbocycles. The highest BCUT2D eigenvalue weighted by Gasteiger charge is 2.52. The molecule has 0 aromatic heterocycles. The number of aryl methyl sites for hydroxylation is 1. The molecule has 1 aliphatic heterocycles.